The largest absolute Gasteiger partial charge is 0.266 e. The van der Waals surface area contributed by atoms with Crippen molar-refractivity contribution in [3.63, 3.8) is 0 Å². The van der Waals surface area contributed by atoms with Gasteiger partial charge in [0, 0.05) is 11.8 Å². The average molecular weight is 200 g/mol. The predicted molar refractivity (Wildman–Crippen MR) is 49.6 cm³/mol. The molecule has 2 fully saturated rings. The number of fused-ring (bicyclic) bond motifs is 1. The van der Waals surface area contributed by atoms with Gasteiger partial charge < -0.3 is 0 Å². The second-order valence-electron chi connectivity index (χ2n) is 3.78. The molecule has 0 aliphatic heterocycles. The van der Waals surface area contributed by atoms with Crippen LogP contribution in [-0.2, 0) is 14.3 Å². The minimum Gasteiger partial charge on any atom is -0.266 e. The van der Waals surface area contributed by atoms with Crippen LogP contribution in [0.4, 0.5) is 0 Å². The summed E-state index contributed by atoms with van der Waals surface area (Å²) in [6, 6.07) is 0. The van der Waals surface area contributed by atoms with E-state index in [0.717, 1.165) is 17.4 Å². The highest BCUT2D eigenvalue weighted by Gasteiger charge is 2.56. The van der Waals surface area contributed by atoms with Gasteiger partial charge in [-0.15, -0.1) is 0 Å². The Kier molecular flexibility index (Phi) is 1.69. The molecule has 0 spiro atoms. The highest BCUT2D eigenvalue weighted by molar-refractivity contribution is 7.86. The van der Waals surface area contributed by atoms with Crippen molar-refractivity contribution in [1.82, 2.24) is 0 Å². The molecule has 2 aliphatic rings. The zero-order valence-electron chi connectivity index (χ0n) is 7.49. The summed E-state index contributed by atoms with van der Waals surface area (Å²) in [4.78, 5) is 0. The summed E-state index contributed by atoms with van der Waals surface area (Å²) in [5.41, 5.74) is 2.13. The first-order valence-corrected chi connectivity index (χ1v) is 5.96. The van der Waals surface area contributed by atoms with E-state index in [2.05, 4.69) is 13.2 Å². The molecule has 0 aromatic heterocycles. The molecule has 0 heterocycles. The molecule has 2 saturated carbocycles. The Morgan fingerprint density at radius 3 is 2.46 bits per heavy atom. The maximum atomic E-state index is 10.9. The molecular formula is C9H12O3S. The second-order valence-corrected chi connectivity index (χ2v) is 5.38. The van der Waals surface area contributed by atoms with Gasteiger partial charge in [-0.05, 0) is 6.42 Å². The molecule has 0 N–H and O–H groups in total. The Bertz CT molecular complexity index is 380. The molecule has 0 aromatic rings. The van der Waals surface area contributed by atoms with Gasteiger partial charge >= 0.3 is 0 Å². The van der Waals surface area contributed by atoms with Crippen molar-refractivity contribution in [2.75, 3.05) is 6.26 Å². The van der Waals surface area contributed by atoms with Crippen molar-refractivity contribution in [2.45, 2.75) is 12.5 Å². The lowest BCUT2D eigenvalue weighted by molar-refractivity contribution is 0.206. The normalized spacial score (nSPS) is 37.8. The third-order valence-electron chi connectivity index (χ3n) is 2.68. The summed E-state index contributed by atoms with van der Waals surface area (Å²) in [6.07, 6.45) is 1.50. The van der Waals surface area contributed by atoms with Crippen molar-refractivity contribution >= 4 is 10.1 Å². The maximum Gasteiger partial charge on any atom is 0.264 e. The van der Waals surface area contributed by atoms with Gasteiger partial charge in [0.2, 0.25) is 0 Å². The van der Waals surface area contributed by atoms with Gasteiger partial charge in [-0.2, -0.15) is 8.42 Å². The third-order valence-corrected chi connectivity index (χ3v) is 3.28. The number of rotatable bonds is 2. The summed E-state index contributed by atoms with van der Waals surface area (Å²) >= 11 is 0. The van der Waals surface area contributed by atoms with Crippen LogP contribution in [0.15, 0.2) is 24.3 Å². The predicted octanol–water partition coefficient (Wildman–Crippen LogP) is 1.09. The Morgan fingerprint density at radius 1 is 1.46 bits per heavy atom. The van der Waals surface area contributed by atoms with Gasteiger partial charge in [-0.25, -0.2) is 0 Å². The lowest BCUT2D eigenvalue weighted by Gasteiger charge is -2.10. The molecule has 3 atom stereocenters. The van der Waals surface area contributed by atoms with Crippen LogP contribution in [0.25, 0.3) is 0 Å². The van der Waals surface area contributed by atoms with E-state index >= 15 is 0 Å². The van der Waals surface area contributed by atoms with Crippen LogP contribution in [0.3, 0.4) is 0 Å². The van der Waals surface area contributed by atoms with E-state index < -0.39 is 10.1 Å². The zero-order chi connectivity index (χ0) is 9.80. The fourth-order valence-corrected chi connectivity index (χ4v) is 2.77. The van der Waals surface area contributed by atoms with Crippen LogP contribution in [-0.4, -0.2) is 20.8 Å². The second kappa shape index (κ2) is 2.45. The first-order valence-electron chi connectivity index (χ1n) is 4.15. The number of hydrogen-bond acceptors (Lipinski definition) is 3. The molecule has 0 radical (unpaired) electrons. The summed E-state index contributed by atoms with van der Waals surface area (Å²) in [7, 11) is -3.34. The van der Waals surface area contributed by atoms with Crippen LogP contribution in [0.5, 0.6) is 0 Å². The zero-order valence-corrected chi connectivity index (χ0v) is 8.30. The molecule has 0 bridgehead atoms. The van der Waals surface area contributed by atoms with Gasteiger partial charge in [0.1, 0.15) is 0 Å². The van der Waals surface area contributed by atoms with E-state index in [1.807, 2.05) is 0 Å². The fraction of sp³-hybridized carbons (Fsp3) is 0.556. The van der Waals surface area contributed by atoms with Crippen molar-refractivity contribution in [1.29, 1.82) is 0 Å². The molecule has 72 valence electrons. The smallest absolute Gasteiger partial charge is 0.264 e. The molecule has 13 heavy (non-hydrogen) atoms. The van der Waals surface area contributed by atoms with Gasteiger partial charge in [-0.1, -0.05) is 24.3 Å². The number of hydrogen-bond donors (Lipinski definition) is 0. The molecule has 2 rings (SSSR count). The Hall–Kier alpha value is -0.610. The van der Waals surface area contributed by atoms with Crippen LogP contribution in [0.1, 0.15) is 6.42 Å². The molecule has 0 amide bonds. The topological polar surface area (TPSA) is 43.4 Å². The first kappa shape index (κ1) is 8.97. The minimum absolute atomic E-state index is 0.210. The van der Waals surface area contributed by atoms with E-state index in [4.69, 9.17) is 4.18 Å². The van der Waals surface area contributed by atoms with Crippen molar-refractivity contribution < 1.29 is 12.6 Å². The summed E-state index contributed by atoms with van der Waals surface area (Å²) < 4.78 is 26.7. The van der Waals surface area contributed by atoms with Gasteiger partial charge in [0.15, 0.2) is 0 Å². The Labute approximate surface area is 78.2 Å². The lowest BCUT2D eigenvalue weighted by Crippen LogP contribution is -2.17. The van der Waals surface area contributed by atoms with Crippen LogP contribution in [0, 0.1) is 11.8 Å². The van der Waals surface area contributed by atoms with E-state index in [-0.39, 0.29) is 12.0 Å². The Morgan fingerprint density at radius 2 is 2.08 bits per heavy atom. The van der Waals surface area contributed by atoms with Gasteiger partial charge in [0.05, 0.1) is 12.4 Å². The molecule has 3 unspecified atom stereocenters. The minimum atomic E-state index is -3.34. The summed E-state index contributed by atoms with van der Waals surface area (Å²) in [5, 5.41) is 0. The first-order chi connectivity index (χ1) is 5.90. The fourth-order valence-electron chi connectivity index (χ4n) is 2.14. The van der Waals surface area contributed by atoms with Gasteiger partial charge in [0.25, 0.3) is 10.1 Å². The van der Waals surface area contributed by atoms with Crippen molar-refractivity contribution in [3.05, 3.63) is 24.3 Å². The Balaban J connectivity index is 2.12. The quantitative estimate of drug-likeness (QED) is 0.495. The molecule has 0 saturated heterocycles. The van der Waals surface area contributed by atoms with Gasteiger partial charge in [-0.3, -0.25) is 4.18 Å². The molecule has 3 nitrogen and oxygen atoms in total. The average Bonchev–Trinajstić information content (AvgIpc) is 2.45. The van der Waals surface area contributed by atoms with E-state index in [1.54, 1.807) is 0 Å². The monoisotopic (exact) mass is 200 g/mol. The SMILES string of the molecule is C=C1CC(OS(C)(=O)=O)C2C(=C)C12. The molecule has 0 aromatic carbocycles. The van der Waals surface area contributed by atoms with E-state index in [0.29, 0.717) is 12.3 Å². The summed E-state index contributed by atoms with van der Waals surface area (Å²) in [6.45, 7) is 7.72. The summed E-state index contributed by atoms with van der Waals surface area (Å²) in [5.74, 6) is 0.536. The maximum absolute atomic E-state index is 10.9. The van der Waals surface area contributed by atoms with Crippen LogP contribution >= 0.6 is 0 Å². The van der Waals surface area contributed by atoms with E-state index in [9.17, 15) is 8.42 Å². The molecule has 2 aliphatic carbocycles. The highest BCUT2D eigenvalue weighted by Crippen LogP contribution is 2.59. The van der Waals surface area contributed by atoms with Crippen LogP contribution in [0.2, 0.25) is 0 Å². The van der Waals surface area contributed by atoms with Crippen molar-refractivity contribution in [2.24, 2.45) is 11.8 Å². The van der Waals surface area contributed by atoms with E-state index in [1.165, 1.54) is 0 Å². The lowest BCUT2D eigenvalue weighted by atomic mass is 10.1. The third kappa shape index (κ3) is 1.44. The van der Waals surface area contributed by atoms with Crippen LogP contribution < -0.4 is 0 Å². The molecule has 4 heteroatoms. The standard InChI is InChI=1S/C9H12O3S/c1-5-4-7(12-13(3,10)11)9-6(2)8(5)9/h7-9H,1-2,4H2,3H3. The van der Waals surface area contributed by atoms with Crippen molar-refractivity contribution in [3.8, 4) is 0 Å². The highest BCUT2D eigenvalue weighted by atomic mass is 32.2. The molecular weight excluding hydrogens is 188 g/mol.